The van der Waals surface area contributed by atoms with Gasteiger partial charge >= 0.3 is 6.03 Å². The summed E-state index contributed by atoms with van der Waals surface area (Å²) in [5, 5.41) is 14.1. The van der Waals surface area contributed by atoms with Crippen molar-refractivity contribution < 1.29 is 9.53 Å². The molecule has 34 heavy (non-hydrogen) atoms. The number of benzene rings is 3. The van der Waals surface area contributed by atoms with Gasteiger partial charge in [-0.3, -0.25) is 14.9 Å². The Morgan fingerprint density at radius 2 is 1.74 bits per heavy atom. The largest absolute Gasteiger partial charge is 0.438 e. The minimum Gasteiger partial charge on any atom is -0.438 e. The second-order valence-corrected chi connectivity index (χ2v) is 8.75. The Hall–Kier alpha value is -3.59. The molecular formula is C25H20ClN5O2S. The summed E-state index contributed by atoms with van der Waals surface area (Å²) in [6, 6.07) is 25.7. The molecule has 5 rings (SSSR count). The molecule has 1 aromatic heterocycles. The quantitative estimate of drug-likeness (QED) is 0.330. The molecule has 1 unspecified atom stereocenters. The Bertz CT molecular complexity index is 1290. The van der Waals surface area contributed by atoms with E-state index in [1.165, 1.54) is 11.9 Å². The van der Waals surface area contributed by atoms with Crippen molar-refractivity contribution in [2.24, 2.45) is 5.14 Å². The molecule has 1 atom stereocenters. The zero-order chi connectivity index (χ0) is 23.5. The fraction of sp³-hybridized carbons (Fsp3) is 0.0800. The molecule has 7 nitrogen and oxygen atoms in total. The number of hydrogen-bond donors (Lipinski definition) is 1. The van der Waals surface area contributed by atoms with Gasteiger partial charge in [0.15, 0.2) is 0 Å². The van der Waals surface area contributed by atoms with Crippen LogP contribution in [0, 0.1) is 0 Å². The van der Waals surface area contributed by atoms with E-state index in [1.54, 1.807) is 40.3 Å². The van der Waals surface area contributed by atoms with Crippen LogP contribution >= 0.6 is 23.5 Å². The van der Waals surface area contributed by atoms with Gasteiger partial charge < -0.3 is 4.74 Å². The number of carbonyl (C=O) groups is 1. The first-order chi connectivity index (χ1) is 16.6. The lowest BCUT2D eigenvalue weighted by Crippen LogP contribution is -2.32. The van der Waals surface area contributed by atoms with Crippen LogP contribution in [-0.4, -0.2) is 22.8 Å². The predicted molar refractivity (Wildman–Crippen MR) is 134 cm³/mol. The normalized spacial score (nSPS) is 15.6. The molecule has 2 N–H and O–H groups in total. The van der Waals surface area contributed by atoms with Crippen molar-refractivity contribution in [3.05, 3.63) is 102 Å². The number of nitrogens with zero attached hydrogens (tertiary/aromatic N) is 4. The zero-order valence-corrected chi connectivity index (χ0v) is 19.5. The van der Waals surface area contributed by atoms with Crippen LogP contribution in [0.15, 0.2) is 96.0 Å². The Labute approximate surface area is 206 Å². The lowest BCUT2D eigenvalue weighted by atomic mass is 10.1. The van der Waals surface area contributed by atoms with Gasteiger partial charge in [0.25, 0.3) is 0 Å². The number of rotatable bonds is 6. The van der Waals surface area contributed by atoms with E-state index >= 15 is 0 Å². The summed E-state index contributed by atoms with van der Waals surface area (Å²) < 4.78 is 5.88. The van der Waals surface area contributed by atoms with Crippen LogP contribution in [0.25, 0.3) is 0 Å². The highest BCUT2D eigenvalue weighted by Crippen LogP contribution is 2.38. The van der Waals surface area contributed by atoms with Gasteiger partial charge in [0.05, 0.1) is 12.6 Å². The van der Waals surface area contributed by atoms with Crippen molar-refractivity contribution in [2.75, 3.05) is 16.3 Å². The number of hydrogen-bond acceptors (Lipinski definition) is 6. The van der Waals surface area contributed by atoms with Gasteiger partial charge in [-0.2, -0.15) is 5.10 Å². The molecule has 170 valence electrons. The van der Waals surface area contributed by atoms with E-state index in [0.29, 0.717) is 23.2 Å². The summed E-state index contributed by atoms with van der Waals surface area (Å²) in [6.07, 6.45) is 1.59. The number of ether oxygens (including phenoxy) is 1. The number of nitrogens with two attached hydrogens (primary N) is 1. The Morgan fingerprint density at radius 1 is 0.971 bits per heavy atom. The first kappa shape index (κ1) is 22.2. The van der Waals surface area contributed by atoms with Crippen LogP contribution in [0.1, 0.15) is 11.6 Å². The van der Waals surface area contributed by atoms with Gasteiger partial charge in [-0.25, -0.2) is 4.79 Å². The third-order valence-electron chi connectivity index (χ3n) is 5.51. The summed E-state index contributed by atoms with van der Waals surface area (Å²) >= 11 is 7.27. The van der Waals surface area contributed by atoms with Gasteiger partial charge in [-0.05, 0) is 84.2 Å². The molecule has 3 aromatic carbocycles. The summed E-state index contributed by atoms with van der Waals surface area (Å²) in [7, 11) is 0. The van der Waals surface area contributed by atoms with E-state index in [2.05, 4.69) is 10.2 Å². The summed E-state index contributed by atoms with van der Waals surface area (Å²) in [5.74, 6) is 1.01. The van der Waals surface area contributed by atoms with E-state index in [4.69, 9.17) is 21.5 Å². The maximum atomic E-state index is 13.6. The number of urea groups is 1. The molecule has 0 aliphatic carbocycles. The zero-order valence-electron chi connectivity index (χ0n) is 17.9. The number of anilines is 2. The van der Waals surface area contributed by atoms with E-state index < -0.39 is 0 Å². The molecular weight excluding hydrogens is 470 g/mol. The summed E-state index contributed by atoms with van der Waals surface area (Å²) in [4.78, 5) is 18.1. The third-order valence-corrected chi connectivity index (χ3v) is 6.30. The molecule has 1 aliphatic rings. The number of carbonyl (C=O) groups excluding carboxylic acids is 1. The van der Waals surface area contributed by atoms with Crippen molar-refractivity contribution >= 4 is 41.0 Å². The minimum atomic E-state index is -0.248. The number of amides is 2. The van der Waals surface area contributed by atoms with Gasteiger partial charge in [0.1, 0.15) is 5.75 Å². The van der Waals surface area contributed by atoms with Crippen LogP contribution in [-0.2, 0) is 0 Å². The lowest BCUT2D eigenvalue weighted by molar-refractivity contribution is 0.255. The standard InChI is InChI=1S/C25H20ClN5O2S/c26-18-6-8-20(9-7-18)31-23(16-30(25(31)32)19-10-12-22(34-27)13-11-19)17-3-1-4-21(15-17)33-24-5-2-14-28-29-24/h1-15,23H,16,27H2. The Morgan fingerprint density at radius 3 is 2.44 bits per heavy atom. The second kappa shape index (κ2) is 9.72. The Balaban J connectivity index is 1.51. The molecule has 2 amide bonds. The highest BCUT2D eigenvalue weighted by molar-refractivity contribution is 7.97. The van der Waals surface area contributed by atoms with E-state index in [9.17, 15) is 4.79 Å². The summed E-state index contributed by atoms with van der Waals surface area (Å²) in [5.41, 5.74) is 2.49. The van der Waals surface area contributed by atoms with Gasteiger partial charge in [0.2, 0.25) is 5.88 Å². The monoisotopic (exact) mass is 489 g/mol. The van der Waals surface area contributed by atoms with E-state index in [-0.39, 0.29) is 12.1 Å². The predicted octanol–water partition coefficient (Wildman–Crippen LogP) is 6.08. The number of halogens is 1. The van der Waals surface area contributed by atoms with Gasteiger partial charge in [0, 0.05) is 33.6 Å². The smallest absolute Gasteiger partial charge is 0.329 e. The second-order valence-electron chi connectivity index (χ2n) is 7.60. The van der Waals surface area contributed by atoms with E-state index in [1.807, 2.05) is 60.7 Å². The van der Waals surface area contributed by atoms with Gasteiger partial charge in [-0.1, -0.05) is 23.7 Å². The van der Waals surface area contributed by atoms with Crippen molar-refractivity contribution in [3.63, 3.8) is 0 Å². The fourth-order valence-corrected chi connectivity index (χ4v) is 4.33. The average Bonchev–Trinajstić information content (AvgIpc) is 3.22. The molecule has 2 heterocycles. The number of aromatic nitrogens is 2. The third kappa shape index (κ3) is 4.56. The minimum absolute atomic E-state index is 0.124. The molecule has 1 aliphatic heterocycles. The van der Waals surface area contributed by atoms with Crippen LogP contribution in [0.4, 0.5) is 16.2 Å². The van der Waals surface area contributed by atoms with Crippen molar-refractivity contribution in [2.45, 2.75) is 10.9 Å². The van der Waals surface area contributed by atoms with Crippen molar-refractivity contribution in [3.8, 4) is 11.6 Å². The van der Waals surface area contributed by atoms with Crippen molar-refractivity contribution in [1.82, 2.24) is 10.2 Å². The molecule has 1 saturated heterocycles. The van der Waals surface area contributed by atoms with Crippen LogP contribution in [0.2, 0.25) is 5.02 Å². The highest BCUT2D eigenvalue weighted by atomic mass is 35.5. The average molecular weight is 490 g/mol. The fourth-order valence-electron chi connectivity index (χ4n) is 3.91. The molecule has 4 aromatic rings. The topological polar surface area (TPSA) is 84.6 Å². The van der Waals surface area contributed by atoms with Crippen molar-refractivity contribution in [1.29, 1.82) is 0 Å². The SMILES string of the molecule is NSc1ccc(N2CC(c3cccc(Oc4cccnn4)c3)N(c3ccc(Cl)cc3)C2=O)cc1. The van der Waals surface area contributed by atoms with Crippen LogP contribution < -0.4 is 19.7 Å². The Kier molecular flexibility index (Phi) is 6.35. The molecule has 1 fully saturated rings. The van der Waals surface area contributed by atoms with E-state index in [0.717, 1.165) is 21.8 Å². The van der Waals surface area contributed by atoms with Gasteiger partial charge in [-0.15, -0.1) is 5.10 Å². The lowest BCUT2D eigenvalue weighted by Gasteiger charge is -2.24. The van der Waals surface area contributed by atoms with Crippen LogP contribution in [0.3, 0.4) is 0 Å². The molecule has 0 saturated carbocycles. The molecule has 0 spiro atoms. The molecule has 9 heteroatoms. The highest BCUT2D eigenvalue weighted by Gasteiger charge is 2.40. The van der Waals surface area contributed by atoms with Crippen LogP contribution in [0.5, 0.6) is 11.6 Å². The maximum Gasteiger partial charge on any atom is 0.329 e. The first-order valence-corrected chi connectivity index (χ1v) is 11.8. The molecule has 0 radical (unpaired) electrons. The summed E-state index contributed by atoms with van der Waals surface area (Å²) in [6.45, 7) is 0.463. The molecule has 0 bridgehead atoms. The first-order valence-electron chi connectivity index (χ1n) is 10.5. The maximum absolute atomic E-state index is 13.6.